The van der Waals surface area contributed by atoms with E-state index in [1.807, 2.05) is 48.5 Å². The van der Waals surface area contributed by atoms with Crippen molar-refractivity contribution in [1.29, 1.82) is 0 Å². The quantitative estimate of drug-likeness (QED) is 0.409. The van der Waals surface area contributed by atoms with Crippen LogP contribution in [0.2, 0.25) is 0 Å². The van der Waals surface area contributed by atoms with E-state index in [4.69, 9.17) is 0 Å². The molecule has 0 heterocycles. The predicted molar refractivity (Wildman–Crippen MR) is 126 cm³/mol. The molecule has 0 saturated heterocycles. The topological polar surface area (TPSA) is 0 Å². The van der Waals surface area contributed by atoms with E-state index < -0.39 is 0 Å². The van der Waals surface area contributed by atoms with Gasteiger partial charge < -0.3 is 0 Å². The third-order valence-electron chi connectivity index (χ3n) is 4.28. The summed E-state index contributed by atoms with van der Waals surface area (Å²) < 4.78 is 0. The lowest BCUT2D eigenvalue weighted by Gasteiger charge is -2.20. The van der Waals surface area contributed by atoms with Gasteiger partial charge in [-0.15, -0.1) is 0 Å². The Hall–Kier alpha value is -3.12. The molecule has 0 aliphatic heterocycles. The third-order valence-corrected chi connectivity index (χ3v) is 4.28. The minimum atomic E-state index is 0.126. The Kier molecular flexibility index (Phi) is 8.24. The molecule has 3 rings (SSSR count). The maximum absolute atomic E-state index is 3.63. The molecule has 0 radical (unpaired) electrons. The predicted octanol–water partition coefficient (Wildman–Crippen LogP) is 8.16. The standard InChI is InChI=1S/C20H22.C8H8/c1-20(2,3)19(16-18-12-8-5-9-13-18)15-14-17-10-6-4-7-11-17;1-2-8-6-4-3-5-7-8/h4-16H,1-3H3;2-7H,1H2. The van der Waals surface area contributed by atoms with Gasteiger partial charge in [-0.05, 0) is 27.7 Å². The molecular weight excluding hydrogens is 336 g/mol. The fourth-order valence-electron chi connectivity index (χ4n) is 2.58. The Balaban J connectivity index is 0.000000292. The molecule has 142 valence electrons. The van der Waals surface area contributed by atoms with Crippen molar-refractivity contribution in [1.82, 2.24) is 0 Å². The first-order chi connectivity index (χ1) is 13.5. The molecule has 0 amide bonds. The van der Waals surface area contributed by atoms with Crippen molar-refractivity contribution in [3.63, 3.8) is 0 Å². The highest BCUT2D eigenvalue weighted by Crippen LogP contribution is 2.29. The second kappa shape index (κ2) is 10.9. The summed E-state index contributed by atoms with van der Waals surface area (Å²) in [6.45, 7) is 10.4. The van der Waals surface area contributed by atoms with E-state index in [1.165, 1.54) is 22.3 Å². The first kappa shape index (κ1) is 21.2. The number of rotatable bonds is 4. The average molecular weight is 367 g/mol. The lowest BCUT2D eigenvalue weighted by molar-refractivity contribution is 0.521. The van der Waals surface area contributed by atoms with Crippen LogP contribution in [-0.2, 0) is 0 Å². The van der Waals surface area contributed by atoms with E-state index in [-0.39, 0.29) is 5.41 Å². The molecule has 0 aromatic heterocycles. The molecule has 0 bridgehead atoms. The second-order valence-corrected chi connectivity index (χ2v) is 7.62. The van der Waals surface area contributed by atoms with Gasteiger partial charge in [0.05, 0.1) is 0 Å². The van der Waals surface area contributed by atoms with E-state index >= 15 is 0 Å². The summed E-state index contributed by atoms with van der Waals surface area (Å²) in [7, 11) is 0. The van der Waals surface area contributed by atoms with Crippen molar-refractivity contribution < 1.29 is 0 Å². The molecular formula is C28H30. The summed E-state index contributed by atoms with van der Waals surface area (Å²) in [6, 6.07) is 30.9. The first-order valence-corrected chi connectivity index (χ1v) is 9.67. The highest BCUT2D eigenvalue weighted by Gasteiger charge is 2.14. The van der Waals surface area contributed by atoms with Gasteiger partial charge in [0.1, 0.15) is 0 Å². The van der Waals surface area contributed by atoms with Crippen LogP contribution in [0.25, 0.3) is 18.2 Å². The van der Waals surface area contributed by atoms with E-state index in [2.05, 4.69) is 94.1 Å². The molecule has 0 N–H and O–H groups in total. The van der Waals surface area contributed by atoms with Gasteiger partial charge in [-0.25, -0.2) is 0 Å². The zero-order valence-corrected chi connectivity index (χ0v) is 17.2. The van der Waals surface area contributed by atoms with E-state index in [0.29, 0.717) is 0 Å². The van der Waals surface area contributed by atoms with Crippen molar-refractivity contribution in [2.45, 2.75) is 20.8 Å². The Morgan fingerprint density at radius 3 is 1.46 bits per heavy atom. The van der Waals surface area contributed by atoms with E-state index in [9.17, 15) is 0 Å². The summed E-state index contributed by atoms with van der Waals surface area (Å²) in [4.78, 5) is 0. The van der Waals surface area contributed by atoms with Crippen LogP contribution in [0.3, 0.4) is 0 Å². The molecule has 3 aromatic rings. The molecule has 0 spiro atoms. The van der Waals surface area contributed by atoms with Crippen LogP contribution in [0.1, 0.15) is 37.5 Å². The minimum Gasteiger partial charge on any atom is -0.0985 e. The molecule has 0 aliphatic carbocycles. The Morgan fingerprint density at radius 2 is 1.07 bits per heavy atom. The van der Waals surface area contributed by atoms with Gasteiger partial charge in [-0.2, -0.15) is 0 Å². The van der Waals surface area contributed by atoms with Crippen LogP contribution >= 0.6 is 0 Å². The summed E-state index contributed by atoms with van der Waals surface area (Å²) >= 11 is 0. The van der Waals surface area contributed by atoms with Crippen molar-refractivity contribution in [2.24, 2.45) is 5.41 Å². The van der Waals surface area contributed by atoms with Crippen molar-refractivity contribution in [3.05, 3.63) is 126 Å². The van der Waals surface area contributed by atoms with Gasteiger partial charge >= 0.3 is 0 Å². The Morgan fingerprint density at radius 1 is 0.643 bits per heavy atom. The van der Waals surface area contributed by atoms with Crippen LogP contribution in [-0.4, -0.2) is 0 Å². The van der Waals surface area contributed by atoms with Crippen LogP contribution in [0, 0.1) is 5.41 Å². The van der Waals surface area contributed by atoms with Crippen molar-refractivity contribution in [3.8, 4) is 0 Å². The highest BCUT2D eigenvalue weighted by atomic mass is 14.2. The number of allylic oxidation sites excluding steroid dienone is 2. The SMILES string of the molecule is C=Cc1ccccc1.CC(C)(C)C(C=Cc1ccccc1)=Cc1ccccc1. The smallest absolute Gasteiger partial charge is 0.0132 e. The highest BCUT2D eigenvalue weighted by molar-refractivity contribution is 5.62. The van der Waals surface area contributed by atoms with Crippen molar-refractivity contribution >= 4 is 18.2 Å². The van der Waals surface area contributed by atoms with Gasteiger partial charge in [0.25, 0.3) is 0 Å². The van der Waals surface area contributed by atoms with Crippen LogP contribution in [0.4, 0.5) is 0 Å². The van der Waals surface area contributed by atoms with E-state index in [0.717, 1.165) is 0 Å². The van der Waals surface area contributed by atoms with Gasteiger partial charge in [0, 0.05) is 0 Å². The average Bonchev–Trinajstić information content (AvgIpc) is 2.73. The van der Waals surface area contributed by atoms with Gasteiger partial charge in [0.15, 0.2) is 0 Å². The molecule has 3 aromatic carbocycles. The van der Waals surface area contributed by atoms with Crippen LogP contribution in [0.15, 0.2) is 109 Å². The molecule has 0 unspecified atom stereocenters. The largest absolute Gasteiger partial charge is 0.0985 e. The van der Waals surface area contributed by atoms with Gasteiger partial charge in [-0.1, -0.05) is 143 Å². The molecule has 0 nitrogen and oxygen atoms in total. The van der Waals surface area contributed by atoms with Gasteiger partial charge in [-0.3, -0.25) is 0 Å². The third kappa shape index (κ3) is 7.63. The maximum atomic E-state index is 3.63. The number of benzene rings is 3. The number of hydrogen-bond acceptors (Lipinski definition) is 0. The van der Waals surface area contributed by atoms with E-state index in [1.54, 1.807) is 0 Å². The van der Waals surface area contributed by atoms with Crippen LogP contribution < -0.4 is 0 Å². The summed E-state index contributed by atoms with van der Waals surface area (Å²) in [6.07, 6.45) is 8.50. The molecule has 28 heavy (non-hydrogen) atoms. The molecule has 0 aliphatic rings. The second-order valence-electron chi connectivity index (χ2n) is 7.62. The lowest BCUT2D eigenvalue weighted by atomic mass is 9.84. The monoisotopic (exact) mass is 366 g/mol. The zero-order valence-electron chi connectivity index (χ0n) is 17.2. The minimum absolute atomic E-state index is 0.126. The van der Waals surface area contributed by atoms with Crippen LogP contribution in [0.5, 0.6) is 0 Å². The molecule has 0 fully saturated rings. The fraction of sp³-hybridized carbons (Fsp3) is 0.143. The fourth-order valence-corrected chi connectivity index (χ4v) is 2.58. The van der Waals surface area contributed by atoms with Gasteiger partial charge in [0.2, 0.25) is 0 Å². The summed E-state index contributed by atoms with van der Waals surface area (Å²) in [5, 5.41) is 0. The summed E-state index contributed by atoms with van der Waals surface area (Å²) in [5.74, 6) is 0. The maximum Gasteiger partial charge on any atom is -0.0132 e. The number of hydrogen-bond donors (Lipinski definition) is 0. The first-order valence-electron chi connectivity index (χ1n) is 9.67. The Labute approximate surface area is 170 Å². The molecule has 0 saturated carbocycles. The zero-order chi connectivity index (χ0) is 20.2. The lowest BCUT2D eigenvalue weighted by Crippen LogP contribution is -2.07. The normalized spacial score (nSPS) is 11.6. The summed E-state index contributed by atoms with van der Waals surface area (Å²) in [5.41, 5.74) is 5.10. The van der Waals surface area contributed by atoms with Crippen molar-refractivity contribution in [2.75, 3.05) is 0 Å². The molecule has 0 heteroatoms. The Bertz CT molecular complexity index is 877. The molecule has 0 atom stereocenters.